The number of methoxy groups -OCH3 is 1. The molecule has 1 N–H and O–H groups in total. The van der Waals surface area contributed by atoms with Crippen molar-refractivity contribution in [3.63, 3.8) is 0 Å². The molecular formula is C28H26ClNO5. The molecular weight excluding hydrogens is 466 g/mol. The van der Waals surface area contributed by atoms with Crippen molar-refractivity contribution in [2.45, 2.75) is 19.6 Å². The molecule has 1 saturated heterocycles. The molecule has 1 heterocycles. The quantitative estimate of drug-likeness (QED) is 0.263. The Morgan fingerprint density at radius 3 is 2.34 bits per heavy atom. The molecule has 1 aliphatic heterocycles. The highest BCUT2D eigenvalue weighted by atomic mass is 35.5. The van der Waals surface area contributed by atoms with Crippen LogP contribution in [0.15, 0.2) is 78.4 Å². The highest BCUT2D eigenvalue weighted by Crippen LogP contribution is 2.39. The van der Waals surface area contributed by atoms with Crippen LogP contribution in [-0.2, 0) is 20.9 Å². The number of aryl methyl sites for hydroxylation is 1. The normalized spacial score (nSPS) is 17.1. The molecule has 7 heteroatoms. The molecule has 0 spiro atoms. The summed E-state index contributed by atoms with van der Waals surface area (Å²) in [6.07, 6.45) is 0. The van der Waals surface area contributed by atoms with Gasteiger partial charge in [0.1, 0.15) is 18.1 Å². The monoisotopic (exact) mass is 491 g/mol. The van der Waals surface area contributed by atoms with Gasteiger partial charge in [0, 0.05) is 24.2 Å². The van der Waals surface area contributed by atoms with Crippen LogP contribution >= 0.6 is 11.6 Å². The third-order valence-corrected chi connectivity index (χ3v) is 6.30. The number of rotatable bonds is 8. The molecule has 0 radical (unpaired) electrons. The lowest BCUT2D eigenvalue weighted by Gasteiger charge is -2.25. The third kappa shape index (κ3) is 5.24. The molecule has 1 fully saturated rings. The minimum absolute atomic E-state index is 0.0296. The topological polar surface area (TPSA) is 76.1 Å². The number of Topliss-reactive ketones (excluding diaryl/α,β-unsaturated/α-hetero) is 1. The van der Waals surface area contributed by atoms with Crippen LogP contribution in [0.4, 0.5) is 0 Å². The van der Waals surface area contributed by atoms with Gasteiger partial charge in [0.05, 0.1) is 18.2 Å². The van der Waals surface area contributed by atoms with E-state index in [0.717, 1.165) is 11.1 Å². The lowest BCUT2D eigenvalue weighted by Crippen LogP contribution is -2.32. The molecule has 4 rings (SSSR count). The van der Waals surface area contributed by atoms with Crippen LogP contribution in [-0.4, -0.2) is 42.0 Å². The van der Waals surface area contributed by atoms with Crippen molar-refractivity contribution in [3.05, 3.63) is 106 Å². The Bertz CT molecular complexity index is 1250. The van der Waals surface area contributed by atoms with Gasteiger partial charge in [-0.25, -0.2) is 0 Å². The number of amides is 1. The van der Waals surface area contributed by atoms with Crippen LogP contribution in [0.1, 0.15) is 28.3 Å². The van der Waals surface area contributed by atoms with E-state index in [1.54, 1.807) is 48.5 Å². The van der Waals surface area contributed by atoms with Gasteiger partial charge in [-0.1, -0.05) is 48.0 Å². The summed E-state index contributed by atoms with van der Waals surface area (Å²) in [7, 11) is 1.52. The number of ether oxygens (including phenoxy) is 2. The first-order chi connectivity index (χ1) is 16.9. The van der Waals surface area contributed by atoms with Crippen LogP contribution in [0.25, 0.3) is 5.76 Å². The zero-order valence-corrected chi connectivity index (χ0v) is 20.3. The minimum atomic E-state index is -0.751. The summed E-state index contributed by atoms with van der Waals surface area (Å²) in [4.78, 5) is 27.3. The number of hydrogen-bond acceptors (Lipinski definition) is 5. The summed E-state index contributed by atoms with van der Waals surface area (Å²) < 4.78 is 11.0. The molecule has 1 amide bonds. The first-order valence-electron chi connectivity index (χ1n) is 11.2. The maximum atomic E-state index is 13.0. The second-order valence-electron chi connectivity index (χ2n) is 8.28. The molecule has 3 aromatic rings. The summed E-state index contributed by atoms with van der Waals surface area (Å²) in [6, 6.07) is 20.9. The number of halogens is 1. The van der Waals surface area contributed by atoms with Crippen LogP contribution in [0.2, 0.25) is 5.02 Å². The molecule has 3 aromatic carbocycles. The summed E-state index contributed by atoms with van der Waals surface area (Å²) >= 11 is 6.04. The van der Waals surface area contributed by atoms with Gasteiger partial charge in [-0.15, -0.1) is 0 Å². The maximum absolute atomic E-state index is 13.0. The first kappa shape index (κ1) is 24.5. The van der Waals surface area contributed by atoms with E-state index < -0.39 is 17.7 Å². The zero-order chi connectivity index (χ0) is 24.9. The molecule has 0 saturated carbocycles. The van der Waals surface area contributed by atoms with Gasteiger partial charge in [0.15, 0.2) is 0 Å². The fraction of sp³-hybridized carbons (Fsp3) is 0.214. The van der Waals surface area contributed by atoms with E-state index in [9.17, 15) is 14.7 Å². The Kier molecular flexibility index (Phi) is 7.54. The van der Waals surface area contributed by atoms with Crippen molar-refractivity contribution in [1.29, 1.82) is 0 Å². The molecule has 0 aromatic heterocycles. The number of likely N-dealkylation sites (tertiary alicyclic amines) is 1. The van der Waals surface area contributed by atoms with E-state index >= 15 is 0 Å². The fourth-order valence-corrected chi connectivity index (χ4v) is 4.22. The lowest BCUT2D eigenvalue weighted by molar-refractivity contribution is -0.140. The van der Waals surface area contributed by atoms with Gasteiger partial charge in [-0.05, 0) is 60.0 Å². The van der Waals surface area contributed by atoms with E-state index in [1.807, 2.05) is 31.2 Å². The van der Waals surface area contributed by atoms with Gasteiger partial charge in [-0.2, -0.15) is 0 Å². The van der Waals surface area contributed by atoms with E-state index in [1.165, 1.54) is 12.0 Å². The van der Waals surface area contributed by atoms with E-state index in [4.69, 9.17) is 21.1 Å². The third-order valence-electron chi connectivity index (χ3n) is 6.05. The molecule has 1 atom stereocenters. The Morgan fingerprint density at radius 1 is 1.00 bits per heavy atom. The molecule has 1 aliphatic rings. The van der Waals surface area contributed by atoms with Crippen molar-refractivity contribution >= 4 is 29.1 Å². The Labute approximate surface area is 209 Å². The number of aliphatic hydroxyl groups is 1. The average molecular weight is 492 g/mol. The smallest absolute Gasteiger partial charge is 0.295 e. The van der Waals surface area contributed by atoms with Gasteiger partial charge in [-0.3, -0.25) is 9.59 Å². The standard InChI is InChI=1S/C28H26ClNO5/c1-18-5-3-4-6-21(18)17-35-23-13-9-20(10-14-23)26(31)24-25(19-7-11-22(29)12-8-19)30(15-16-34-2)28(33)27(24)32/h3-14,25,31H,15-17H2,1-2H3/b26-24+. The predicted octanol–water partition coefficient (Wildman–Crippen LogP) is 5.30. The van der Waals surface area contributed by atoms with Crippen molar-refractivity contribution in [2.24, 2.45) is 0 Å². The van der Waals surface area contributed by atoms with Gasteiger partial charge in [0.25, 0.3) is 11.7 Å². The first-order valence-corrected chi connectivity index (χ1v) is 11.6. The van der Waals surface area contributed by atoms with E-state index in [0.29, 0.717) is 28.5 Å². The largest absolute Gasteiger partial charge is 0.507 e. The highest BCUT2D eigenvalue weighted by molar-refractivity contribution is 6.46. The predicted molar refractivity (Wildman–Crippen MR) is 134 cm³/mol. The van der Waals surface area contributed by atoms with Crippen molar-refractivity contribution in [3.8, 4) is 5.75 Å². The molecule has 180 valence electrons. The average Bonchev–Trinajstić information content (AvgIpc) is 3.12. The SMILES string of the molecule is COCCN1C(=O)C(=O)/C(=C(/O)c2ccc(OCc3ccccc3C)cc2)C1c1ccc(Cl)cc1. The van der Waals surface area contributed by atoms with Crippen LogP contribution < -0.4 is 4.74 Å². The number of ketones is 1. The van der Waals surface area contributed by atoms with Gasteiger partial charge >= 0.3 is 0 Å². The minimum Gasteiger partial charge on any atom is -0.507 e. The zero-order valence-electron chi connectivity index (χ0n) is 19.5. The summed E-state index contributed by atoms with van der Waals surface area (Å²) in [6.45, 7) is 2.90. The molecule has 6 nitrogen and oxygen atoms in total. The summed E-state index contributed by atoms with van der Waals surface area (Å²) in [5, 5.41) is 11.7. The number of benzene rings is 3. The number of aliphatic hydroxyl groups excluding tert-OH is 1. The summed E-state index contributed by atoms with van der Waals surface area (Å²) in [5.41, 5.74) is 3.34. The van der Waals surface area contributed by atoms with Crippen molar-refractivity contribution in [1.82, 2.24) is 4.90 Å². The Morgan fingerprint density at radius 2 is 1.69 bits per heavy atom. The number of carbonyl (C=O) groups is 2. The Hall–Kier alpha value is -3.61. The molecule has 1 unspecified atom stereocenters. The number of nitrogens with zero attached hydrogens (tertiary/aromatic N) is 1. The second kappa shape index (κ2) is 10.8. The summed E-state index contributed by atoms with van der Waals surface area (Å²) in [5.74, 6) is -1.03. The molecule has 0 aliphatic carbocycles. The van der Waals surface area contributed by atoms with Crippen molar-refractivity contribution in [2.75, 3.05) is 20.3 Å². The van der Waals surface area contributed by atoms with E-state index in [2.05, 4.69) is 0 Å². The maximum Gasteiger partial charge on any atom is 0.295 e. The van der Waals surface area contributed by atoms with Crippen LogP contribution in [0.3, 0.4) is 0 Å². The molecule has 35 heavy (non-hydrogen) atoms. The van der Waals surface area contributed by atoms with Crippen LogP contribution in [0, 0.1) is 6.92 Å². The highest BCUT2D eigenvalue weighted by Gasteiger charge is 2.45. The van der Waals surface area contributed by atoms with Crippen molar-refractivity contribution < 1.29 is 24.2 Å². The second-order valence-corrected chi connectivity index (χ2v) is 8.71. The molecule has 0 bridgehead atoms. The number of hydrogen-bond donors (Lipinski definition) is 1. The van der Waals surface area contributed by atoms with Crippen LogP contribution in [0.5, 0.6) is 5.75 Å². The Balaban J connectivity index is 1.64. The van der Waals surface area contributed by atoms with Gasteiger partial charge < -0.3 is 19.5 Å². The van der Waals surface area contributed by atoms with Gasteiger partial charge in [0.2, 0.25) is 0 Å². The fourth-order valence-electron chi connectivity index (χ4n) is 4.09. The number of carbonyl (C=O) groups excluding carboxylic acids is 2. The lowest BCUT2D eigenvalue weighted by atomic mass is 9.95. The van der Waals surface area contributed by atoms with E-state index in [-0.39, 0.29) is 24.5 Å².